The van der Waals surface area contributed by atoms with Crippen molar-refractivity contribution in [2.24, 2.45) is 0 Å². The van der Waals surface area contributed by atoms with Crippen molar-refractivity contribution in [3.63, 3.8) is 0 Å². The lowest BCUT2D eigenvalue weighted by atomic mass is 10.2. The highest BCUT2D eigenvalue weighted by atomic mass is 32.1. The first kappa shape index (κ1) is 8.62. The summed E-state index contributed by atoms with van der Waals surface area (Å²) in [5.41, 5.74) is 1.03. The molecule has 3 rings (SSSR count). The molecule has 0 aliphatic carbocycles. The lowest BCUT2D eigenvalue weighted by Gasteiger charge is -1.92. The van der Waals surface area contributed by atoms with E-state index in [4.69, 9.17) is 0 Å². The molecule has 0 amide bonds. The summed E-state index contributed by atoms with van der Waals surface area (Å²) in [5.74, 6) is 0. The van der Waals surface area contributed by atoms with E-state index in [2.05, 4.69) is 23.2 Å². The molecule has 1 aromatic carbocycles. The second kappa shape index (κ2) is 3.48. The van der Waals surface area contributed by atoms with Crippen molar-refractivity contribution in [1.82, 2.24) is 4.98 Å². The highest BCUT2D eigenvalue weighted by Crippen LogP contribution is 2.31. The van der Waals surface area contributed by atoms with Crippen LogP contribution in [0.1, 0.15) is 0 Å². The number of aromatic nitrogens is 1. The Kier molecular flexibility index (Phi) is 2.00. The van der Waals surface area contributed by atoms with Crippen LogP contribution in [-0.2, 0) is 0 Å². The number of hydrogen-bond acceptors (Lipinski definition) is 2. The summed E-state index contributed by atoms with van der Waals surface area (Å²) in [5, 5.41) is 1.17. The van der Waals surface area contributed by atoms with Crippen LogP contribution in [0.4, 0.5) is 0 Å². The highest BCUT2D eigenvalue weighted by molar-refractivity contribution is 7.22. The smallest absolute Gasteiger partial charge is 0.0802 e. The summed E-state index contributed by atoms with van der Waals surface area (Å²) in [6, 6.07) is 17.4. The van der Waals surface area contributed by atoms with Crippen molar-refractivity contribution in [3.05, 3.63) is 54.7 Å². The van der Waals surface area contributed by atoms with Gasteiger partial charge in [-0.25, -0.2) is 0 Å². The SMILES string of the molecule is [c]1cccc2sc(-c3ccccn3)cc12. The standard InChI is InChI=1S/C13H8NS/c1-2-7-12-10(5-1)9-13(15-12)11-6-3-4-8-14-11/h1-4,6-9H. The van der Waals surface area contributed by atoms with E-state index in [-0.39, 0.29) is 0 Å². The van der Waals surface area contributed by atoms with Crippen molar-refractivity contribution in [2.75, 3.05) is 0 Å². The van der Waals surface area contributed by atoms with Gasteiger partial charge in [-0.1, -0.05) is 18.2 Å². The molecule has 2 aromatic heterocycles. The zero-order valence-electron chi connectivity index (χ0n) is 7.97. The Morgan fingerprint density at radius 2 is 2.13 bits per heavy atom. The number of benzene rings is 1. The Labute approximate surface area is 92.0 Å². The molecule has 2 heteroatoms. The normalized spacial score (nSPS) is 10.7. The second-order valence-electron chi connectivity index (χ2n) is 3.27. The predicted octanol–water partition coefficient (Wildman–Crippen LogP) is 3.76. The molecule has 0 N–H and O–H groups in total. The Morgan fingerprint density at radius 3 is 2.93 bits per heavy atom. The topological polar surface area (TPSA) is 12.9 Å². The first-order valence-corrected chi connectivity index (χ1v) is 5.57. The minimum atomic E-state index is 1.03. The monoisotopic (exact) mass is 210 g/mol. The van der Waals surface area contributed by atoms with Crippen LogP contribution in [0.5, 0.6) is 0 Å². The molecule has 15 heavy (non-hydrogen) atoms. The highest BCUT2D eigenvalue weighted by Gasteiger charge is 2.03. The molecule has 2 heterocycles. The number of thiophene rings is 1. The van der Waals surface area contributed by atoms with E-state index < -0.39 is 0 Å². The van der Waals surface area contributed by atoms with Crippen LogP contribution in [0, 0.1) is 6.07 Å². The third kappa shape index (κ3) is 1.53. The summed E-state index contributed by atoms with van der Waals surface area (Å²) < 4.78 is 1.26. The summed E-state index contributed by atoms with van der Waals surface area (Å²) in [4.78, 5) is 5.54. The average molecular weight is 210 g/mol. The summed E-state index contributed by atoms with van der Waals surface area (Å²) in [7, 11) is 0. The third-order valence-electron chi connectivity index (χ3n) is 2.26. The van der Waals surface area contributed by atoms with E-state index in [0.29, 0.717) is 0 Å². The molecule has 0 fully saturated rings. The van der Waals surface area contributed by atoms with Crippen molar-refractivity contribution < 1.29 is 0 Å². The van der Waals surface area contributed by atoms with Gasteiger partial charge in [0.1, 0.15) is 0 Å². The van der Waals surface area contributed by atoms with Crippen LogP contribution in [0.25, 0.3) is 20.7 Å². The fourth-order valence-electron chi connectivity index (χ4n) is 1.55. The van der Waals surface area contributed by atoms with Gasteiger partial charge in [0.2, 0.25) is 0 Å². The van der Waals surface area contributed by atoms with Crippen LogP contribution in [0.3, 0.4) is 0 Å². The number of rotatable bonds is 1. The minimum Gasteiger partial charge on any atom is -0.255 e. The van der Waals surface area contributed by atoms with Gasteiger partial charge in [-0.3, -0.25) is 4.98 Å². The van der Waals surface area contributed by atoms with E-state index >= 15 is 0 Å². The molecule has 3 aromatic rings. The maximum atomic E-state index is 4.34. The maximum Gasteiger partial charge on any atom is 0.0802 e. The first-order valence-electron chi connectivity index (χ1n) is 4.75. The number of hydrogen-bond donors (Lipinski definition) is 0. The van der Waals surface area contributed by atoms with E-state index in [9.17, 15) is 0 Å². The van der Waals surface area contributed by atoms with Crippen LogP contribution in [-0.4, -0.2) is 4.98 Å². The van der Waals surface area contributed by atoms with Crippen LogP contribution < -0.4 is 0 Å². The van der Waals surface area contributed by atoms with Gasteiger partial charge in [-0.05, 0) is 30.3 Å². The van der Waals surface area contributed by atoms with E-state index in [1.54, 1.807) is 11.3 Å². The van der Waals surface area contributed by atoms with Crippen molar-refractivity contribution >= 4 is 21.4 Å². The number of nitrogens with zero attached hydrogens (tertiary/aromatic N) is 1. The molecule has 0 saturated heterocycles. The fraction of sp³-hybridized carbons (Fsp3) is 0. The molecule has 1 radical (unpaired) electrons. The Hall–Kier alpha value is -1.67. The molecule has 0 unspecified atom stereocenters. The lowest BCUT2D eigenvalue weighted by molar-refractivity contribution is 1.34. The second-order valence-corrected chi connectivity index (χ2v) is 4.36. The van der Waals surface area contributed by atoms with Gasteiger partial charge in [0.05, 0.1) is 10.6 Å². The zero-order chi connectivity index (χ0) is 10.1. The molecular formula is C13H8NS. The molecule has 0 atom stereocenters. The molecule has 0 saturated carbocycles. The van der Waals surface area contributed by atoms with Gasteiger partial charge in [-0.2, -0.15) is 0 Å². The molecule has 1 nitrogen and oxygen atoms in total. The molecule has 0 aliphatic heterocycles. The average Bonchev–Trinajstić information content (AvgIpc) is 2.74. The molecule has 0 aliphatic rings. The van der Waals surface area contributed by atoms with Gasteiger partial charge in [0, 0.05) is 16.3 Å². The van der Waals surface area contributed by atoms with E-state index in [0.717, 1.165) is 5.69 Å². The summed E-state index contributed by atoms with van der Waals surface area (Å²) >= 11 is 1.76. The van der Waals surface area contributed by atoms with Gasteiger partial charge in [0.25, 0.3) is 0 Å². The van der Waals surface area contributed by atoms with Crippen LogP contribution in [0.15, 0.2) is 48.7 Å². The predicted molar refractivity (Wildman–Crippen MR) is 63.9 cm³/mol. The van der Waals surface area contributed by atoms with Crippen LogP contribution >= 0.6 is 11.3 Å². The quantitative estimate of drug-likeness (QED) is 0.596. The van der Waals surface area contributed by atoms with E-state index in [1.165, 1.54) is 15.0 Å². The molecule has 0 bridgehead atoms. The Balaban J connectivity index is 2.21. The lowest BCUT2D eigenvalue weighted by Crippen LogP contribution is -1.75. The van der Waals surface area contributed by atoms with Crippen molar-refractivity contribution in [2.45, 2.75) is 0 Å². The largest absolute Gasteiger partial charge is 0.255 e. The van der Waals surface area contributed by atoms with Gasteiger partial charge in [0.15, 0.2) is 0 Å². The van der Waals surface area contributed by atoms with Crippen molar-refractivity contribution in [1.29, 1.82) is 0 Å². The molecule has 71 valence electrons. The third-order valence-corrected chi connectivity index (χ3v) is 3.38. The van der Waals surface area contributed by atoms with E-state index in [1.807, 2.05) is 36.5 Å². The molecule has 0 spiro atoms. The van der Waals surface area contributed by atoms with Gasteiger partial charge in [-0.15, -0.1) is 11.3 Å². The van der Waals surface area contributed by atoms with Crippen LogP contribution in [0.2, 0.25) is 0 Å². The fourth-order valence-corrected chi connectivity index (χ4v) is 2.56. The number of fused-ring (bicyclic) bond motifs is 1. The maximum absolute atomic E-state index is 4.34. The first-order chi connectivity index (χ1) is 7.43. The minimum absolute atomic E-state index is 1.03. The van der Waals surface area contributed by atoms with Gasteiger partial charge < -0.3 is 0 Å². The molecular weight excluding hydrogens is 202 g/mol. The number of pyridine rings is 1. The Bertz CT molecular complexity index is 551. The van der Waals surface area contributed by atoms with Crippen molar-refractivity contribution in [3.8, 4) is 10.6 Å². The van der Waals surface area contributed by atoms with Gasteiger partial charge >= 0.3 is 0 Å². The summed E-state index contributed by atoms with van der Waals surface area (Å²) in [6.45, 7) is 0. The Morgan fingerprint density at radius 1 is 1.13 bits per heavy atom. The zero-order valence-corrected chi connectivity index (χ0v) is 8.79. The summed E-state index contributed by atoms with van der Waals surface area (Å²) in [6.07, 6.45) is 1.82.